The number of thioether (sulfide) groups is 1. The van der Waals surface area contributed by atoms with E-state index >= 15 is 0 Å². The molecular formula is C13H26O7SSi. The van der Waals surface area contributed by atoms with E-state index in [1.165, 1.54) is 0 Å². The van der Waals surface area contributed by atoms with Crippen LogP contribution in [-0.4, -0.2) is 61.8 Å². The van der Waals surface area contributed by atoms with Crippen LogP contribution in [0.25, 0.3) is 0 Å². The van der Waals surface area contributed by atoms with Crippen molar-refractivity contribution in [3.8, 4) is 0 Å². The summed E-state index contributed by atoms with van der Waals surface area (Å²) in [4.78, 5) is 21.6. The van der Waals surface area contributed by atoms with Gasteiger partial charge < -0.3 is 23.5 Å². The zero-order chi connectivity index (χ0) is 17.0. The molecule has 0 aliphatic heterocycles. The lowest BCUT2D eigenvalue weighted by Crippen LogP contribution is -2.46. The standard InChI is InChI=1S/C13H26O7SSi/c1-4-18-22(19-5-2,20-6-3)9-7-8-21-11(13(16)17)10-12(14)15/h11H,4-10H2,1-3H3,(H,14,15)(H,16,17). The Morgan fingerprint density at radius 1 is 1.05 bits per heavy atom. The number of carbonyl (C=O) groups is 2. The van der Waals surface area contributed by atoms with Gasteiger partial charge in [0.25, 0.3) is 0 Å². The second-order valence-corrected chi connectivity index (χ2v) is 8.42. The van der Waals surface area contributed by atoms with Gasteiger partial charge in [0.05, 0.1) is 6.42 Å². The Balaban J connectivity index is 4.40. The van der Waals surface area contributed by atoms with Gasteiger partial charge in [-0.2, -0.15) is 0 Å². The Kier molecular flexibility index (Phi) is 11.6. The molecule has 0 aliphatic carbocycles. The second kappa shape index (κ2) is 11.9. The Bertz CT molecular complexity index is 323. The maximum absolute atomic E-state index is 11.0. The Hall–Kier alpha value is -0.613. The number of carboxylic acids is 2. The third-order valence-corrected chi connectivity index (χ3v) is 7.12. The highest BCUT2D eigenvalue weighted by atomic mass is 32.2. The minimum absolute atomic E-state index is 0.384. The van der Waals surface area contributed by atoms with Gasteiger partial charge in [-0.05, 0) is 32.9 Å². The quantitative estimate of drug-likeness (QED) is 0.361. The number of aliphatic carboxylic acids is 2. The van der Waals surface area contributed by atoms with Crippen molar-refractivity contribution in [2.24, 2.45) is 0 Å². The molecule has 130 valence electrons. The fourth-order valence-corrected chi connectivity index (χ4v) is 5.76. The molecule has 0 radical (unpaired) electrons. The highest BCUT2D eigenvalue weighted by molar-refractivity contribution is 8.00. The predicted octanol–water partition coefficient (Wildman–Crippen LogP) is 2.09. The lowest BCUT2D eigenvalue weighted by Gasteiger charge is -2.28. The van der Waals surface area contributed by atoms with Crippen molar-refractivity contribution in [1.29, 1.82) is 0 Å². The molecule has 1 unspecified atom stereocenters. The number of rotatable bonds is 14. The summed E-state index contributed by atoms with van der Waals surface area (Å²) in [5.41, 5.74) is 0. The van der Waals surface area contributed by atoms with Crippen LogP contribution in [-0.2, 0) is 22.9 Å². The zero-order valence-corrected chi connectivity index (χ0v) is 15.2. The van der Waals surface area contributed by atoms with E-state index in [1.54, 1.807) is 0 Å². The molecule has 0 saturated heterocycles. The smallest absolute Gasteiger partial charge is 0.481 e. The third-order valence-electron chi connectivity index (χ3n) is 2.67. The van der Waals surface area contributed by atoms with Crippen LogP contribution < -0.4 is 0 Å². The summed E-state index contributed by atoms with van der Waals surface area (Å²) in [6.45, 7) is 7.12. The second-order valence-electron chi connectivity index (χ2n) is 4.38. The number of carboxylic acid groups (broad SMARTS) is 2. The van der Waals surface area contributed by atoms with Crippen molar-refractivity contribution >= 4 is 32.5 Å². The summed E-state index contributed by atoms with van der Waals surface area (Å²) in [5, 5.41) is 16.8. The average Bonchev–Trinajstić information content (AvgIpc) is 2.42. The third kappa shape index (κ3) is 8.74. The zero-order valence-electron chi connectivity index (χ0n) is 13.4. The molecule has 7 nitrogen and oxygen atoms in total. The van der Waals surface area contributed by atoms with Gasteiger partial charge in [0.1, 0.15) is 5.25 Å². The summed E-state index contributed by atoms with van der Waals surface area (Å²) >= 11 is 1.13. The maximum atomic E-state index is 11.0. The van der Waals surface area contributed by atoms with Gasteiger partial charge in [0, 0.05) is 25.9 Å². The van der Waals surface area contributed by atoms with Crippen LogP contribution in [0.1, 0.15) is 33.6 Å². The first-order chi connectivity index (χ1) is 10.4. The molecule has 1 atom stereocenters. The predicted molar refractivity (Wildman–Crippen MR) is 86.2 cm³/mol. The topological polar surface area (TPSA) is 102 Å². The first-order valence-corrected chi connectivity index (χ1v) is 10.4. The van der Waals surface area contributed by atoms with Gasteiger partial charge >= 0.3 is 20.7 Å². The van der Waals surface area contributed by atoms with E-state index in [9.17, 15) is 9.59 Å². The van der Waals surface area contributed by atoms with Gasteiger partial charge in [-0.3, -0.25) is 9.59 Å². The molecule has 2 N–H and O–H groups in total. The first kappa shape index (κ1) is 21.4. The van der Waals surface area contributed by atoms with E-state index in [-0.39, 0.29) is 6.42 Å². The summed E-state index contributed by atoms with van der Waals surface area (Å²) < 4.78 is 17.1. The van der Waals surface area contributed by atoms with E-state index in [2.05, 4.69) is 0 Å². The molecule has 0 fully saturated rings. The van der Waals surface area contributed by atoms with Crippen LogP contribution in [0.15, 0.2) is 0 Å². The van der Waals surface area contributed by atoms with Crippen LogP contribution in [0.2, 0.25) is 6.04 Å². The van der Waals surface area contributed by atoms with Gasteiger partial charge in [0.15, 0.2) is 0 Å². The number of hydrogen-bond donors (Lipinski definition) is 2. The van der Waals surface area contributed by atoms with E-state index in [0.717, 1.165) is 11.8 Å². The van der Waals surface area contributed by atoms with Crippen LogP contribution >= 0.6 is 11.8 Å². The van der Waals surface area contributed by atoms with Crippen molar-refractivity contribution in [3.05, 3.63) is 0 Å². The minimum atomic E-state index is -2.70. The molecule has 0 amide bonds. The molecule has 0 spiro atoms. The minimum Gasteiger partial charge on any atom is -0.481 e. The van der Waals surface area contributed by atoms with E-state index in [4.69, 9.17) is 23.5 Å². The maximum Gasteiger partial charge on any atom is 0.500 e. The molecule has 9 heteroatoms. The summed E-state index contributed by atoms with van der Waals surface area (Å²) in [6, 6.07) is 0.592. The molecule has 0 heterocycles. The van der Waals surface area contributed by atoms with Crippen LogP contribution in [0, 0.1) is 0 Å². The summed E-state index contributed by atoms with van der Waals surface area (Å²) in [7, 11) is -2.70. The molecule has 0 aromatic rings. The van der Waals surface area contributed by atoms with E-state index < -0.39 is 26.0 Å². The average molecular weight is 354 g/mol. The highest BCUT2D eigenvalue weighted by Crippen LogP contribution is 2.22. The Morgan fingerprint density at radius 3 is 1.91 bits per heavy atom. The molecular weight excluding hydrogens is 328 g/mol. The molecule has 0 aromatic heterocycles. The van der Waals surface area contributed by atoms with Gasteiger partial charge in [-0.1, -0.05) is 0 Å². The van der Waals surface area contributed by atoms with Crippen molar-refractivity contribution in [2.45, 2.75) is 44.9 Å². The molecule has 0 saturated carbocycles. The van der Waals surface area contributed by atoms with Gasteiger partial charge in [-0.15, -0.1) is 11.8 Å². The molecule has 0 bridgehead atoms. The van der Waals surface area contributed by atoms with Gasteiger partial charge in [-0.25, -0.2) is 0 Å². The van der Waals surface area contributed by atoms with Crippen molar-refractivity contribution in [2.75, 3.05) is 25.6 Å². The molecule has 22 heavy (non-hydrogen) atoms. The molecule has 0 rings (SSSR count). The molecule has 0 aliphatic rings. The van der Waals surface area contributed by atoms with Crippen LogP contribution in [0.3, 0.4) is 0 Å². The van der Waals surface area contributed by atoms with Crippen LogP contribution in [0.5, 0.6) is 0 Å². The van der Waals surface area contributed by atoms with Gasteiger partial charge in [0.2, 0.25) is 0 Å². The Morgan fingerprint density at radius 2 is 1.55 bits per heavy atom. The summed E-state index contributed by atoms with van der Waals surface area (Å²) in [5.74, 6) is -1.69. The summed E-state index contributed by atoms with van der Waals surface area (Å²) in [6.07, 6.45) is 0.269. The largest absolute Gasteiger partial charge is 0.500 e. The monoisotopic (exact) mass is 354 g/mol. The van der Waals surface area contributed by atoms with Crippen molar-refractivity contribution < 1.29 is 33.1 Å². The van der Waals surface area contributed by atoms with E-state index in [0.29, 0.717) is 38.0 Å². The lowest BCUT2D eigenvalue weighted by molar-refractivity contribution is -0.142. The lowest BCUT2D eigenvalue weighted by atomic mass is 10.3. The number of hydrogen-bond acceptors (Lipinski definition) is 6. The highest BCUT2D eigenvalue weighted by Gasteiger charge is 2.39. The first-order valence-electron chi connectivity index (χ1n) is 7.38. The normalized spacial score (nSPS) is 13.0. The molecule has 0 aromatic carbocycles. The fourth-order valence-electron chi connectivity index (χ4n) is 1.89. The van der Waals surface area contributed by atoms with Crippen molar-refractivity contribution in [1.82, 2.24) is 0 Å². The SMILES string of the molecule is CCO[Si](CCCSC(CC(=O)O)C(=O)O)(OCC)OCC. The van der Waals surface area contributed by atoms with Crippen molar-refractivity contribution in [3.63, 3.8) is 0 Å². The Labute approximate surface area is 136 Å². The fraction of sp³-hybridized carbons (Fsp3) is 0.846. The van der Waals surface area contributed by atoms with Crippen LogP contribution in [0.4, 0.5) is 0 Å². The van der Waals surface area contributed by atoms with E-state index in [1.807, 2.05) is 20.8 Å².